The van der Waals surface area contributed by atoms with Crippen LogP contribution in [0.3, 0.4) is 0 Å². The third-order valence-electron chi connectivity index (χ3n) is 3.34. The van der Waals surface area contributed by atoms with Crippen molar-refractivity contribution in [1.29, 1.82) is 0 Å². The van der Waals surface area contributed by atoms with Crippen molar-refractivity contribution >= 4 is 0 Å². The smallest absolute Gasteiger partial charge is 0.123 e. The Labute approximate surface area is 121 Å². The Bertz CT molecular complexity index is 536. The first-order valence-electron chi connectivity index (χ1n) is 6.86. The van der Waals surface area contributed by atoms with E-state index in [1.165, 1.54) is 11.1 Å². The predicted molar refractivity (Wildman–Crippen MR) is 83.8 cm³/mol. The molecule has 0 heterocycles. The summed E-state index contributed by atoms with van der Waals surface area (Å²) in [6.07, 6.45) is 2.85. The lowest BCUT2D eigenvalue weighted by Crippen LogP contribution is -2.20. The molecule has 0 bridgehead atoms. The molecular weight excluding hydrogens is 246 g/mol. The first kappa shape index (κ1) is 14.4. The van der Waals surface area contributed by atoms with E-state index in [-0.39, 0.29) is 6.04 Å². The number of benzene rings is 2. The largest absolute Gasteiger partial charge is 0.496 e. The standard InChI is InChI=1S/C18H21NO/c1-3-9-17(15-10-5-4-6-11-15)19-14-16-12-7-8-13-18(16)20-2/h3-8,10-13,17,19H,1,9,14H2,2H3. The van der Waals surface area contributed by atoms with Gasteiger partial charge in [0.1, 0.15) is 5.75 Å². The number of nitrogens with one attached hydrogen (secondary N) is 1. The molecule has 0 amide bonds. The highest BCUT2D eigenvalue weighted by atomic mass is 16.5. The van der Waals surface area contributed by atoms with Gasteiger partial charge in [-0.2, -0.15) is 0 Å². The molecule has 0 radical (unpaired) electrons. The number of rotatable bonds is 7. The third kappa shape index (κ3) is 3.72. The molecule has 20 heavy (non-hydrogen) atoms. The SMILES string of the molecule is C=CCC(NCc1ccccc1OC)c1ccccc1. The lowest BCUT2D eigenvalue weighted by atomic mass is 10.0. The van der Waals surface area contributed by atoms with Gasteiger partial charge in [-0.05, 0) is 18.1 Å². The Morgan fingerprint density at radius 3 is 2.50 bits per heavy atom. The minimum absolute atomic E-state index is 0.276. The number of para-hydroxylation sites is 1. The average molecular weight is 267 g/mol. The van der Waals surface area contributed by atoms with Crippen molar-refractivity contribution in [1.82, 2.24) is 5.32 Å². The van der Waals surface area contributed by atoms with Crippen LogP contribution < -0.4 is 10.1 Å². The van der Waals surface area contributed by atoms with Crippen molar-refractivity contribution in [3.8, 4) is 5.75 Å². The summed E-state index contributed by atoms with van der Waals surface area (Å²) in [5.74, 6) is 0.922. The molecule has 2 aromatic carbocycles. The lowest BCUT2D eigenvalue weighted by molar-refractivity contribution is 0.405. The highest BCUT2D eigenvalue weighted by Crippen LogP contribution is 2.21. The molecule has 0 saturated heterocycles. The van der Waals surface area contributed by atoms with E-state index in [0.717, 1.165) is 18.7 Å². The highest BCUT2D eigenvalue weighted by Gasteiger charge is 2.10. The summed E-state index contributed by atoms with van der Waals surface area (Å²) in [5, 5.41) is 3.58. The Morgan fingerprint density at radius 1 is 1.10 bits per heavy atom. The van der Waals surface area contributed by atoms with Gasteiger partial charge in [0.15, 0.2) is 0 Å². The molecule has 0 aromatic heterocycles. The Balaban J connectivity index is 2.08. The van der Waals surface area contributed by atoms with E-state index in [4.69, 9.17) is 4.74 Å². The summed E-state index contributed by atoms with van der Waals surface area (Å²) >= 11 is 0. The minimum Gasteiger partial charge on any atom is -0.496 e. The van der Waals surface area contributed by atoms with Crippen molar-refractivity contribution in [2.45, 2.75) is 19.0 Å². The molecule has 1 unspecified atom stereocenters. The summed E-state index contributed by atoms with van der Waals surface area (Å²) in [6.45, 7) is 4.63. The zero-order valence-corrected chi connectivity index (χ0v) is 11.9. The Kier molecular flexibility index (Phi) is 5.39. The first-order chi connectivity index (χ1) is 9.85. The van der Waals surface area contributed by atoms with Gasteiger partial charge < -0.3 is 10.1 Å². The first-order valence-corrected chi connectivity index (χ1v) is 6.86. The second kappa shape index (κ2) is 7.51. The van der Waals surface area contributed by atoms with Crippen molar-refractivity contribution < 1.29 is 4.74 Å². The van der Waals surface area contributed by atoms with Crippen LogP contribution in [0.5, 0.6) is 5.75 Å². The molecule has 1 N–H and O–H groups in total. The molecule has 1 atom stereocenters. The summed E-state index contributed by atoms with van der Waals surface area (Å²) in [7, 11) is 1.71. The molecule has 2 nitrogen and oxygen atoms in total. The van der Waals surface area contributed by atoms with E-state index >= 15 is 0 Å². The van der Waals surface area contributed by atoms with Crippen molar-refractivity contribution in [2.24, 2.45) is 0 Å². The van der Waals surface area contributed by atoms with Crippen molar-refractivity contribution in [3.05, 3.63) is 78.4 Å². The van der Waals surface area contributed by atoms with Gasteiger partial charge in [0.25, 0.3) is 0 Å². The molecule has 0 aliphatic heterocycles. The zero-order chi connectivity index (χ0) is 14.2. The fourth-order valence-electron chi connectivity index (χ4n) is 2.27. The van der Waals surface area contributed by atoms with Crippen LogP contribution in [0.2, 0.25) is 0 Å². The molecule has 0 aliphatic carbocycles. The third-order valence-corrected chi connectivity index (χ3v) is 3.34. The molecule has 0 fully saturated rings. The van der Waals surface area contributed by atoms with Crippen LogP contribution in [0.25, 0.3) is 0 Å². The van der Waals surface area contributed by atoms with E-state index in [1.54, 1.807) is 7.11 Å². The van der Waals surface area contributed by atoms with Crippen LogP contribution in [0, 0.1) is 0 Å². The predicted octanol–water partition coefficient (Wildman–Crippen LogP) is 4.10. The normalized spacial score (nSPS) is 11.8. The maximum atomic E-state index is 5.38. The maximum absolute atomic E-state index is 5.38. The molecule has 0 aliphatic rings. The van der Waals surface area contributed by atoms with Gasteiger partial charge >= 0.3 is 0 Å². The van der Waals surface area contributed by atoms with E-state index in [0.29, 0.717) is 0 Å². The van der Waals surface area contributed by atoms with Gasteiger partial charge in [-0.3, -0.25) is 0 Å². The molecule has 0 spiro atoms. The fourth-order valence-corrected chi connectivity index (χ4v) is 2.27. The van der Waals surface area contributed by atoms with E-state index in [2.05, 4.69) is 42.2 Å². The Hall–Kier alpha value is -2.06. The van der Waals surface area contributed by atoms with Crippen molar-refractivity contribution in [3.63, 3.8) is 0 Å². The average Bonchev–Trinajstić information content (AvgIpc) is 2.52. The number of ether oxygens (including phenoxy) is 1. The van der Waals surface area contributed by atoms with Crippen molar-refractivity contribution in [2.75, 3.05) is 7.11 Å². The zero-order valence-electron chi connectivity index (χ0n) is 11.9. The van der Waals surface area contributed by atoms with Crippen LogP contribution in [0.4, 0.5) is 0 Å². The van der Waals surface area contributed by atoms with Gasteiger partial charge in [-0.25, -0.2) is 0 Å². The topological polar surface area (TPSA) is 21.3 Å². The van der Waals surface area contributed by atoms with Gasteiger partial charge in [0, 0.05) is 18.2 Å². The molecule has 2 aromatic rings. The van der Waals surface area contributed by atoms with Gasteiger partial charge in [0.05, 0.1) is 7.11 Å². The molecule has 0 saturated carbocycles. The molecule has 104 valence electrons. The number of hydrogen-bond acceptors (Lipinski definition) is 2. The summed E-state index contributed by atoms with van der Waals surface area (Å²) in [6, 6.07) is 18.8. The van der Waals surface area contributed by atoms with Crippen LogP contribution in [0.1, 0.15) is 23.6 Å². The second-order valence-corrected chi connectivity index (χ2v) is 4.68. The molecule has 2 rings (SSSR count). The fraction of sp³-hybridized carbons (Fsp3) is 0.222. The summed E-state index contributed by atoms with van der Waals surface area (Å²) < 4.78 is 5.38. The number of hydrogen-bond donors (Lipinski definition) is 1. The van der Waals surface area contributed by atoms with Crippen LogP contribution in [0.15, 0.2) is 67.3 Å². The van der Waals surface area contributed by atoms with Crippen LogP contribution in [-0.2, 0) is 6.54 Å². The highest BCUT2D eigenvalue weighted by molar-refractivity contribution is 5.33. The second-order valence-electron chi connectivity index (χ2n) is 4.68. The molecular formula is C18H21NO. The maximum Gasteiger partial charge on any atom is 0.123 e. The quantitative estimate of drug-likeness (QED) is 0.762. The number of methoxy groups -OCH3 is 1. The van der Waals surface area contributed by atoms with Gasteiger partial charge in [0.2, 0.25) is 0 Å². The van der Waals surface area contributed by atoms with E-state index in [1.807, 2.05) is 30.3 Å². The summed E-state index contributed by atoms with van der Waals surface area (Å²) in [5.41, 5.74) is 2.45. The molecule has 2 heteroatoms. The van der Waals surface area contributed by atoms with Crippen LogP contribution in [-0.4, -0.2) is 7.11 Å². The van der Waals surface area contributed by atoms with Gasteiger partial charge in [-0.1, -0.05) is 54.6 Å². The Morgan fingerprint density at radius 2 is 1.80 bits per heavy atom. The van der Waals surface area contributed by atoms with E-state index < -0.39 is 0 Å². The monoisotopic (exact) mass is 267 g/mol. The lowest BCUT2D eigenvalue weighted by Gasteiger charge is -2.18. The van der Waals surface area contributed by atoms with Gasteiger partial charge in [-0.15, -0.1) is 6.58 Å². The van der Waals surface area contributed by atoms with Crippen LogP contribution >= 0.6 is 0 Å². The summed E-state index contributed by atoms with van der Waals surface area (Å²) in [4.78, 5) is 0. The minimum atomic E-state index is 0.276. The van der Waals surface area contributed by atoms with E-state index in [9.17, 15) is 0 Å².